The maximum atomic E-state index is 12.3. The molecular formula is C24H33N5O3. The minimum Gasteiger partial charge on any atom is -0.497 e. The maximum Gasteiger partial charge on any atom is 0.251 e. The number of ether oxygens (including phenoxy) is 2. The van der Waals surface area contributed by atoms with Crippen molar-refractivity contribution < 1.29 is 14.3 Å². The topological polar surface area (TPSA) is 78.4 Å². The molecule has 0 spiro atoms. The number of hydrogen-bond acceptors (Lipinski definition) is 5. The Hall–Kier alpha value is -3.42. The second kappa shape index (κ2) is 11.8. The molecule has 0 atom stereocenters. The first kappa shape index (κ1) is 23.2. The minimum absolute atomic E-state index is 0.128. The average Bonchev–Trinajstić information content (AvgIpc) is 2.86. The molecule has 172 valence electrons. The molecular weight excluding hydrogens is 406 g/mol. The van der Waals surface area contributed by atoms with Crippen LogP contribution in [0.25, 0.3) is 0 Å². The van der Waals surface area contributed by atoms with Crippen molar-refractivity contribution >= 4 is 17.6 Å². The van der Waals surface area contributed by atoms with Crippen molar-refractivity contribution in [3.05, 3.63) is 54.1 Å². The number of guanidine groups is 1. The van der Waals surface area contributed by atoms with Gasteiger partial charge in [-0.2, -0.15) is 0 Å². The Labute approximate surface area is 190 Å². The van der Waals surface area contributed by atoms with Gasteiger partial charge in [-0.3, -0.25) is 9.79 Å². The highest BCUT2D eigenvalue weighted by Gasteiger charge is 2.19. The third-order valence-corrected chi connectivity index (χ3v) is 5.34. The third-order valence-electron chi connectivity index (χ3n) is 5.34. The predicted octanol–water partition coefficient (Wildman–Crippen LogP) is 2.22. The number of benzene rings is 2. The van der Waals surface area contributed by atoms with E-state index >= 15 is 0 Å². The van der Waals surface area contributed by atoms with Crippen molar-refractivity contribution in [3.8, 4) is 11.5 Å². The first-order valence-electron chi connectivity index (χ1n) is 11.0. The number of piperazine rings is 1. The molecule has 32 heavy (non-hydrogen) atoms. The van der Waals surface area contributed by atoms with Gasteiger partial charge >= 0.3 is 0 Å². The fourth-order valence-electron chi connectivity index (χ4n) is 3.59. The predicted molar refractivity (Wildman–Crippen MR) is 128 cm³/mol. The van der Waals surface area contributed by atoms with Gasteiger partial charge in [0, 0.05) is 50.5 Å². The SMILES string of the molecule is CCNC(=NCCNC(=O)c1cccc(OC)c1)N1CCN(c2ccc(OC)cc2)CC1. The van der Waals surface area contributed by atoms with E-state index in [2.05, 4.69) is 39.5 Å². The van der Waals surface area contributed by atoms with Crippen LogP contribution in [-0.4, -0.2) is 76.8 Å². The van der Waals surface area contributed by atoms with E-state index in [1.165, 1.54) is 5.69 Å². The lowest BCUT2D eigenvalue weighted by molar-refractivity contribution is 0.0954. The Balaban J connectivity index is 1.49. The monoisotopic (exact) mass is 439 g/mol. The molecule has 0 aliphatic carbocycles. The highest BCUT2D eigenvalue weighted by molar-refractivity contribution is 5.94. The molecule has 8 heteroatoms. The summed E-state index contributed by atoms with van der Waals surface area (Å²) in [6.45, 7) is 7.45. The Morgan fingerprint density at radius 2 is 1.69 bits per heavy atom. The summed E-state index contributed by atoms with van der Waals surface area (Å²) in [6, 6.07) is 15.3. The summed E-state index contributed by atoms with van der Waals surface area (Å²) in [7, 11) is 3.27. The van der Waals surface area contributed by atoms with Crippen LogP contribution in [0.1, 0.15) is 17.3 Å². The van der Waals surface area contributed by atoms with Gasteiger partial charge < -0.3 is 29.9 Å². The smallest absolute Gasteiger partial charge is 0.251 e. The number of amides is 1. The first-order chi connectivity index (χ1) is 15.6. The van der Waals surface area contributed by atoms with Gasteiger partial charge in [0.15, 0.2) is 5.96 Å². The zero-order chi connectivity index (χ0) is 22.8. The molecule has 0 aromatic heterocycles. The van der Waals surface area contributed by atoms with Gasteiger partial charge in [0.2, 0.25) is 0 Å². The molecule has 0 unspecified atom stereocenters. The van der Waals surface area contributed by atoms with Crippen molar-refractivity contribution in [2.75, 3.05) is 64.9 Å². The molecule has 0 radical (unpaired) electrons. The van der Waals surface area contributed by atoms with E-state index in [0.29, 0.717) is 24.4 Å². The van der Waals surface area contributed by atoms with E-state index in [1.54, 1.807) is 32.4 Å². The van der Waals surface area contributed by atoms with E-state index < -0.39 is 0 Å². The number of methoxy groups -OCH3 is 2. The lowest BCUT2D eigenvalue weighted by Gasteiger charge is -2.37. The second-order valence-electron chi connectivity index (χ2n) is 7.40. The molecule has 1 heterocycles. The highest BCUT2D eigenvalue weighted by atomic mass is 16.5. The molecule has 2 aromatic rings. The third kappa shape index (κ3) is 6.29. The van der Waals surface area contributed by atoms with Crippen LogP contribution in [0, 0.1) is 0 Å². The number of anilines is 1. The van der Waals surface area contributed by atoms with Crippen LogP contribution >= 0.6 is 0 Å². The van der Waals surface area contributed by atoms with Gasteiger partial charge in [0.1, 0.15) is 11.5 Å². The summed E-state index contributed by atoms with van der Waals surface area (Å²) in [5, 5.41) is 6.29. The summed E-state index contributed by atoms with van der Waals surface area (Å²) < 4.78 is 10.4. The van der Waals surface area contributed by atoms with Crippen molar-refractivity contribution in [1.29, 1.82) is 0 Å². The summed E-state index contributed by atoms with van der Waals surface area (Å²) in [4.78, 5) is 21.7. The number of nitrogens with one attached hydrogen (secondary N) is 2. The lowest BCUT2D eigenvalue weighted by atomic mass is 10.2. The van der Waals surface area contributed by atoms with Gasteiger partial charge in [0.05, 0.1) is 20.8 Å². The van der Waals surface area contributed by atoms with Crippen LogP contribution in [0.5, 0.6) is 11.5 Å². The molecule has 3 rings (SSSR count). The molecule has 0 saturated carbocycles. The Bertz CT molecular complexity index is 893. The number of hydrogen-bond donors (Lipinski definition) is 2. The van der Waals surface area contributed by atoms with Gasteiger partial charge in [-0.1, -0.05) is 6.07 Å². The first-order valence-corrected chi connectivity index (χ1v) is 11.0. The number of nitrogens with zero attached hydrogens (tertiary/aromatic N) is 3. The van der Waals surface area contributed by atoms with Crippen LogP contribution in [0.2, 0.25) is 0 Å². The molecule has 1 aliphatic heterocycles. The largest absolute Gasteiger partial charge is 0.497 e. The molecule has 1 saturated heterocycles. The minimum atomic E-state index is -0.128. The Morgan fingerprint density at radius 3 is 2.34 bits per heavy atom. The van der Waals surface area contributed by atoms with Gasteiger partial charge in [-0.15, -0.1) is 0 Å². The summed E-state index contributed by atoms with van der Waals surface area (Å²) in [5.41, 5.74) is 1.78. The standard InChI is InChI=1S/C24H33N5O3/c1-4-25-24(27-13-12-26-23(30)19-6-5-7-22(18-19)32-3)29-16-14-28(15-17-29)20-8-10-21(31-2)11-9-20/h5-11,18H,4,12-17H2,1-3H3,(H,25,27)(H,26,30). The number of aliphatic imine (C=N–C) groups is 1. The van der Waals surface area contributed by atoms with Crippen molar-refractivity contribution in [2.24, 2.45) is 4.99 Å². The fraction of sp³-hybridized carbons (Fsp3) is 0.417. The van der Waals surface area contributed by atoms with Crippen molar-refractivity contribution in [3.63, 3.8) is 0 Å². The van der Waals surface area contributed by atoms with E-state index in [-0.39, 0.29) is 5.91 Å². The average molecular weight is 440 g/mol. The lowest BCUT2D eigenvalue weighted by Crippen LogP contribution is -2.52. The molecule has 1 fully saturated rings. The molecule has 1 aliphatic rings. The van der Waals surface area contributed by atoms with Gasteiger partial charge in [-0.25, -0.2) is 0 Å². The van der Waals surface area contributed by atoms with E-state index in [1.807, 2.05) is 18.2 Å². The Kier molecular flexibility index (Phi) is 8.60. The highest BCUT2D eigenvalue weighted by Crippen LogP contribution is 2.20. The molecule has 2 N–H and O–H groups in total. The second-order valence-corrected chi connectivity index (χ2v) is 7.40. The van der Waals surface area contributed by atoms with Crippen molar-refractivity contribution in [2.45, 2.75) is 6.92 Å². The number of carbonyl (C=O) groups excluding carboxylic acids is 1. The van der Waals surface area contributed by atoms with Gasteiger partial charge in [0.25, 0.3) is 5.91 Å². The normalized spacial score (nSPS) is 14.2. The molecule has 0 bridgehead atoms. The van der Waals surface area contributed by atoms with E-state index in [0.717, 1.165) is 44.4 Å². The molecule has 1 amide bonds. The zero-order valence-corrected chi connectivity index (χ0v) is 19.1. The van der Waals surface area contributed by atoms with Crippen LogP contribution in [0.3, 0.4) is 0 Å². The van der Waals surface area contributed by atoms with E-state index in [4.69, 9.17) is 14.5 Å². The quantitative estimate of drug-likeness (QED) is 0.373. The maximum absolute atomic E-state index is 12.3. The van der Waals surface area contributed by atoms with Crippen LogP contribution in [-0.2, 0) is 0 Å². The van der Waals surface area contributed by atoms with Crippen molar-refractivity contribution in [1.82, 2.24) is 15.5 Å². The van der Waals surface area contributed by atoms with Crippen LogP contribution in [0.15, 0.2) is 53.5 Å². The fourth-order valence-corrected chi connectivity index (χ4v) is 3.59. The van der Waals surface area contributed by atoms with Crippen LogP contribution in [0.4, 0.5) is 5.69 Å². The summed E-state index contributed by atoms with van der Waals surface area (Å²) in [5.74, 6) is 2.29. The summed E-state index contributed by atoms with van der Waals surface area (Å²) in [6.07, 6.45) is 0. The summed E-state index contributed by atoms with van der Waals surface area (Å²) >= 11 is 0. The Morgan fingerprint density at radius 1 is 0.969 bits per heavy atom. The number of carbonyl (C=O) groups is 1. The molecule has 8 nitrogen and oxygen atoms in total. The molecule has 2 aromatic carbocycles. The van der Waals surface area contributed by atoms with E-state index in [9.17, 15) is 4.79 Å². The van der Waals surface area contributed by atoms with Gasteiger partial charge in [-0.05, 0) is 49.4 Å². The number of rotatable bonds is 8. The zero-order valence-electron chi connectivity index (χ0n) is 19.1. The van der Waals surface area contributed by atoms with Crippen LogP contribution < -0.4 is 25.0 Å².